The first-order chi connectivity index (χ1) is 21.8. The van der Waals surface area contributed by atoms with Gasteiger partial charge in [-0.15, -0.1) is 0 Å². The molecular weight excluding hydrogens is 589 g/mol. The molecule has 0 radical (unpaired) electrons. The highest BCUT2D eigenvalue weighted by molar-refractivity contribution is 6.82. The normalized spacial score (nSPS) is 16.7. The minimum absolute atomic E-state index is 0.206. The van der Waals surface area contributed by atoms with E-state index in [1.165, 1.54) is 40.4 Å². The number of fused-ring (bicyclic) bond motifs is 4. The lowest BCUT2D eigenvalue weighted by atomic mass is 9.89. The van der Waals surface area contributed by atoms with Crippen molar-refractivity contribution >= 4 is 48.0 Å². The summed E-state index contributed by atoms with van der Waals surface area (Å²) in [4.78, 5) is 28.7. The number of ether oxygens (including phenoxy) is 1. The van der Waals surface area contributed by atoms with Crippen LogP contribution in [0.25, 0.3) is 22.1 Å². The van der Waals surface area contributed by atoms with Crippen LogP contribution in [-0.2, 0) is 17.6 Å². The van der Waals surface area contributed by atoms with Gasteiger partial charge in [-0.05, 0) is 117 Å². The maximum Gasteiger partial charge on any atom is 0.410 e. The molecule has 0 unspecified atom stereocenters. The van der Waals surface area contributed by atoms with Crippen LogP contribution in [-0.4, -0.2) is 57.1 Å². The lowest BCUT2D eigenvalue weighted by molar-refractivity contribution is 0.0205. The molecule has 0 spiro atoms. The van der Waals surface area contributed by atoms with Crippen molar-refractivity contribution in [3.8, 4) is 0 Å². The maximum atomic E-state index is 12.8. The molecule has 9 heteroatoms. The van der Waals surface area contributed by atoms with Crippen LogP contribution in [0.1, 0.15) is 111 Å². The zero-order valence-corrected chi connectivity index (χ0v) is 30.5. The lowest BCUT2D eigenvalue weighted by Gasteiger charge is -2.44. The average molecular weight is 643 g/mol. The Morgan fingerprint density at radius 1 is 0.913 bits per heavy atom. The van der Waals surface area contributed by atoms with Gasteiger partial charge in [0.05, 0.1) is 0 Å². The number of pyridine rings is 2. The molecule has 8 nitrogen and oxygen atoms in total. The van der Waals surface area contributed by atoms with E-state index in [0.29, 0.717) is 35.6 Å². The van der Waals surface area contributed by atoms with Crippen molar-refractivity contribution in [2.75, 3.05) is 18.4 Å². The molecule has 1 saturated heterocycles. The van der Waals surface area contributed by atoms with E-state index < -0.39 is 13.8 Å². The van der Waals surface area contributed by atoms with E-state index in [1.54, 1.807) is 0 Å². The molecule has 1 amide bonds. The largest absolute Gasteiger partial charge is 0.444 e. The second-order valence-corrected chi connectivity index (χ2v) is 21.3. The summed E-state index contributed by atoms with van der Waals surface area (Å²) in [6, 6.07) is 8.68. The Morgan fingerprint density at radius 2 is 1.52 bits per heavy atom. The summed E-state index contributed by atoms with van der Waals surface area (Å²) in [5.41, 5.74) is 7.32. The number of carbonyl (C=O) groups excluding carboxylic acids is 1. The van der Waals surface area contributed by atoms with Gasteiger partial charge in [-0.25, -0.2) is 14.8 Å². The Balaban J connectivity index is 1.37. The first kappa shape index (κ1) is 32.6. The molecule has 2 N–H and O–H groups in total. The van der Waals surface area contributed by atoms with Crippen LogP contribution in [0.2, 0.25) is 16.6 Å². The van der Waals surface area contributed by atoms with Crippen molar-refractivity contribution in [1.82, 2.24) is 24.1 Å². The number of aromatic nitrogens is 4. The summed E-state index contributed by atoms with van der Waals surface area (Å²) in [5, 5.41) is 6.05. The number of aromatic amines is 1. The second-order valence-electron chi connectivity index (χ2n) is 15.6. The first-order valence-corrected chi connectivity index (χ1v) is 19.7. The number of piperidine rings is 1. The topological polar surface area (TPSA) is 88.1 Å². The molecule has 4 aromatic heterocycles. The van der Waals surface area contributed by atoms with Crippen molar-refractivity contribution in [3.63, 3.8) is 0 Å². The van der Waals surface area contributed by atoms with Crippen LogP contribution in [0.5, 0.6) is 0 Å². The number of likely N-dealkylation sites (tertiary alicyclic amines) is 1. The monoisotopic (exact) mass is 642 g/mol. The number of hydrogen-bond acceptors (Lipinski definition) is 5. The van der Waals surface area contributed by atoms with Gasteiger partial charge in [-0.1, -0.05) is 41.5 Å². The Kier molecular flexibility index (Phi) is 8.76. The number of aryl methyl sites for hydroxylation is 2. The van der Waals surface area contributed by atoms with Crippen molar-refractivity contribution in [1.29, 1.82) is 0 Å². The molecule has 0 saturated carbocycles. The van der Waals surface area contributed by atoms with Crippen molar-refractivity contribution in [3.05, 3.63) is 47.3 Å². The minimum atomic E-state index is -2.11. The molecule has 0 aromatic carbocycles. The quantitative estimate of drug-likeness (QED) is 0.196. The van der Waals surface area contributed by atoms with Gasteiger partial charge in [-0.3, -0.25) is 0 Å². The third-order valence-electron chi connectivity index (χ3n) is 10.7. The third-order valence-corrected chi connectivity index (χ3v) is 17.4. The summed E-state index contributed by atoms with van der Waals surface area (Å²) in [6.45, 7) is 21.7. The van der Waals surface area contributed by atoms with Gasteiger partial charge in [0.15, 0.2) is 8.24 Å². The van der Waals surface area contributed by atoms with Gasteiger partial charge < -0.3 is 24.2 Å². The molecule has 1 aliphatic carbocycles. The van der Waals surface area contributed by atoms with E-state index >= 15 is 0 Å². The summed E-state index contributed by atoms with van der Waals surface area (Å²) >= 11 is 0. The van der Waals surface area contributed by atoms with Crippen LogP contribution < -0.4 is 5.32 Å². The van der Waals surface area contributed by atoms with Gasteiger partial charge in [0, 0.05) is 35.8 Å². The fourth-order valence-corrected chi connectivity index (χ4v) is 15.4. The molecule has 0 bridgehead atoms. The zero-order chi connectivity index (χ0) is 33.0. The molecule has 248 valence electrons. The fraction of sp³-hybridized carbons (Fsp3) is 0.595. The molecule has 5 heterocycles. The number of nitrogens with one attached hydrogen (secondary N) is 2. The van der Waals surface area contributed by atoms with Crippen molar-refractivity contribution < 1.29 is 9.53 Å². The number of carbonyl (C=O) groups is 1. The lowest BCUT2D eigenvalue weighted by Crippen LogP contribution is -2.51. The van der Waals surface area contributed by atoms with E-state index in [1.807, 2.05) is 25.7 Å². The molecule has 1 aliphatic heterocycles. The highest BCUT2D eigenvalue weighted by Gasteiger charge is 2.47. The predicted octanol–water partition coefficient (Wildman–Crippen LogP) is 9.67. The van der Waals surface area contributed by atoms with Crippen LogP contribution >= 0.6 is 0 Å². The minimum Gasteiger partial charge on any atom is -0.444 e. The van der Waals surface area contributed by atoms with E-state index in [-0.39, 0.29) is 6.09 Å². The summed E-state index contributed by atoms with van der Waals surface area (Å²) in [7, 11) is -2.11. The molecule has 1 fully saturated rings. The Bertz CT molecular complexity index is 1700. The Labute approximate surface area is 275 Å². The third kappa shape index (κ3) is 5.84. The molecular formula is C37H54N6O2Si. The first-order valence-electron chi connectivity index (χ1n) is 17.6. The molecule has 6 rings (SSSR count). The van der Waals surface area contributed by atoms with E-state index in [0.717, 1.165) is 48.6 Å². The number of amides is 1. The molecule has 46 heavy (non-hydrogen) atoms. The predicted molar refractivity (Wildman–Crippen MR) is 192 cm³/mol. The standard InChI is InChI=1S/C37H54N6O2Si/c1-23(2)46(24(3)4,25(5)6)43-22-30(26-18-20-42(21-19-26)36(44)45-37(7,8)9)29-15-17-33(41-35(29)43)39-32-16-14-28-27-12-10-11-13-31(27)38-34(28)40-32/h14-17,22-26H,10-13,18-21H2,1-9H3,(H2,38,39,40,41). The van der Waals surface area contributed by atoms with E-state index in [2.05, 4.69) is 86.5 Å². The number of nitrogens with zero attached hydrogens (tertiary/aromatic N) is 4. The summed E-state index contributed by atoms with van der Waals surface area (Å²) in [6.07, 6.45) is 8.84. The van der Waals surface area contributed by atoms with Gasteiger partial charge in [-0.2, -0.15) is 0 Å². The van der Waals surface area contributed by atoms with Gasteiger partial charge in [0.2, 0.25) is 0 Å². The molecule has 2 aliphatic rings. The highest BCUT2D eigenvalue weighted by Crippen LogP contribution is 2.46. The number of anilines is 2. The summed E-state index contributed by atoms with van der Waals surface area (Å²) in [5.74, 6) is 2.00. The van der Waals surface area contributed by atoms with Crippen molar-refractivity contribution in [2.45, 2.75) is 129 Å². The van der Waals surface area contributed by atoms with E-state index in [9.17, 15) is 4.79 Å². The second kappa shape index (κ2) is 12.4. The van der Waals surface area contributed by atoms with Gasteiger partial charge in [0.25, 0.3) is 0 Å². The van der Waals surface area contributed by atoms with Crippen LogP contribution in [0.15, 0.2) is 30.5 Å². The SMILES string of the molecule is CC(C)[Si](C(C)C)(C(C)C)n1cc(C2CCN(C(=O)OC(C)(C)C)CC2)c2ccc(Nc3ccc4c5c([nH]c4n3)CCCC5)nc21. The highest BCUT2D eigenvalue weighted by atomic mass is 28.3. The van der Waals surface area contributed by atoms with Gasteiger partial charge in [0.1, 0.15) is 28.5 Å². The fourth-order valence-electron chi connectivity index (χ4n) is 8.83. The summed E-state index contributed by atoms with van der Waals surface area (Å²) < 4.78 is 8.34. The average Bonchev–Trinajstić information content (AvgIpc) is 3.54. The van der Waals surface area contributed by atoms with E-state index in [4.69, 9.17) is 14.7 Å². The van der Waals surface area contributed by atoms with Crippen LogP contribution in [0.3, 0.4) is 0 Å². The molecule has 0 atom stereocenters. The number of hydrogen-bond donors (Lipinski definition) is 2. The molecule has 4 aromatic rings. The van der Waals surface area contributed by atoms with Crippen molar-refractivity contribution in [2.24, 2.45) is 0 Å². The Hall–Kier alpha value is -3.33. The van der Waals surface area contributed by atoms with Gasteiger partial charge >= 0.3 is 6.09 Å². The smallest absolute Gasteiger partial charge is 0.410 e. The van der Waals surface area contributed by atoms with Crippen LogP contribution in [0, 0.1) is 0 Å². The number of H-pyrrole nitrogens is 1. The number of rotatable bonds is 7. The van der Waals surface area contributed by atoms with Crippen LogP contribution in [0.4, 0.5) is 16.4 Å². The Morgan fingerprint density at radius 3 is 2.15 bits per heavy atom. The zero-order valence-electron chi connectivity index (χ0n) is 29.5. The maximum absolute atomic E-state index is 12.8.